The van der Waals surface area contributed by atoms with Crippen molar-refractivity contribution >= 4 is 29.0 Å². The summed E-state index contributed by atoms with van der Waals surface area (Å²) in [5.74, 6) is 0.300. The number of rotatable bonds is 4. The third-order valence-electron chi connectivity index (χ3n) is 1.37. The largest absolute Gasteiger partial charge is 0.484 e. The summed E-state index contributed by atoms with van der Waals surface area (Å²) in [7, 11) is 0. The fourth-order valence-electron chi connectivity index (χ4n) is 0.759. The SMILES string of the molecule is O=C(CCl)COc1ccccc1Cl. The van der Waals surface area contributed by atoms with Crippen LogP contribution in [0.5, 0.6) is 5.75 Å². The van der Waals surface area contributed by atoms with Crippen LogP contribution in [-0.2, 0) is 4.79 Å². The quantitative estimate of drug-likeness (QED) is 0.727. The van der Waals surface area contributed by atoms with Gasteiger partial charge in [0, 0.05) is 0 Å². The van der Waals surface area contributed by atoms with Gasteiger partial charge in [-0.2, -0.15) is 0 Å². The van der Waals surface area contributed by atoms with Gasteiger partial charge in [0.15, 0.2) is 5.78 Å². The standard InChI is InChI=1S/C9H8Cl2O2/c10-5-7(12)6-13-9-4-2-1-3-8(9)11/h1-4H,5-6H2. The molecule has 0 spiro atoms. The number of para-hydroxylation sites is 1. The summed E-state index contributed by atoms with van der Waals surface area (Å²) in [6, 6.07) is 6.97. The molecule has 13 heavy (non-hydrogen) atoms. The van der Waals surface area contributed by atoms with Crippen molar-refractivity contribution in [2.45, 2.75) is 0 Å². The Morgan fingerprint density at radius 2 is 2.08 bits per heavy atom. The molecule has 0 N–H and O–H groups in total. The molecule has 0 bridgehead atoms. The van der Waals surface area contributed by atoms with Gasteiger partial charge in [-0.25, -0.2) is 0 Å². The summed E-state index contributed by atoms with van der Waals surface area (Å²) in [5, 5.41) is 0.491. The fraction of sp³-hybridized carbons (Fsp3) is 0.222. The third kappa shape index (κ3) is 3.25. The topological polar surface area (TPSA) is 26.3 Å². The molecule has 4 heteroatoms. The molecule has 1 rings (SSSR count). The van der Waals surface area contributed by atoms with Gasteiger partial charge in [0.25, 0.3) is 0 Å². The van der Waals surface area contributed by atoms with Crippen LogP contribution in [0.4, 0.5) is 0 Å². The number of carbonyl (C=O) groups excluding carboxylic acids is 1. The smallest absolute Gasteiger partial charge is 0.184 e. The van der Waals surface area contributed by atoms with E-state index in [0.29, 0.717) is 10.8 Å². The van der Waals surface area contributed by atoms with Crippen LogP contribution in [0.15, 0.2) is 24.3 Å². The number of benzene rings is 1. The van der Waals surface area contributed by atoms with Crippen LogP contribution < -0.4 is 4.74 Å². The molecule has 2 nitrogen and oxygen atoms in total. The summed E-state index contributed by atoms with van der Waals surface area (Å²) in [4.78, 5) is 10.8. The van der Waals surface area contributed by atoms with Crippen molar-refractivity contribution in [3.8, 4) is 5.75 Å². The highest BCUT2D eigenvalue weighted by molar-refractivity contribution is 6.32. The van der Waals surface area contributed by atoms with E-state index >= 15 is 0 Å². The van der Waals surface area contributed by atoms with Crippen molar-refractivity contribution in [1.82, 2.24) is 0 Å². The van der Waals surface area contributed by atoms with Crippen LogP contribution in [0, 0.1) is 0 Å². The highest BCUT2D eigenvalue weighted by Crippen LogP contribution is 2.22. The first-order valence-corrected chi connectivity index (χ1v) is 4.60. The Bertz CT molecular complexity index is 299. The second kappa shape index (κ2) is 5.10. The maximum atomic E-state index is 10.8. The van der Waals surface area contributed by atoms with Gasteiger partial charge < -0.3 is 4.74 Å². The molecule has 0 aliphatic rings. The lowest BCUT2D eigenvalue weighted by Crippen LogP contribution is -2.12. The average molecular weight is 219 g/mol. The molecular formula is C9H8Cl2O2. The summed E-state index contributed by atoms with van der Waals surface area (Å²) >= 11 is 11.1. The number of hydrogen-bond donors (Lipinski definition) is 0. The van der Waals surface area contributed by atoms with E-state index in [1.807, 2.05) is 0 Å². The van der Waals surface area contributed by atoms with E-state index in [9.17, 15) is 4.79 Å². The first kappa shape index (κ1) is 10.4. The Morgan fingerprint density at radius 1 is 1.38 bits per heavy atom. The van der Waals surface area contributed by atoms with Crippen molar-refractivity contribution in [2.75, 3.05) is 12.5 Å². The molecule has 0 saturated carbocycles. The molecule has 0 heterocycles. The number of hydrogen-bond acceptors (Lipinski definition) is 2. The second-order valence-corrected chi connectivity index (χ2v) is 3.07. The first-order valence-electron chi connectivity index (χ1n) is 3.69. The lowest BCUT2D eigenvalue weighted by molar-refractivity contribution is -0.118. The van der Waals surface area contributed by atoms with E-state index in [1.54, 1.807) is 24.3 Å². The maximum absolute atomic E-state index is 10.8. The van der Waals surface area contributed by atoms with Gasteiger partial charge >= 0.3 is 0 Å². The zero-order valence-corrected chi connectivity index (χ0v) is 8.31. The average Bonchev–Trinajstić information content (AvgIpc) is 2.16. The molecule has 0 aliphatic heterocycles. The van der Waals surface area contributed by atoms with E-state index in [-0.39, 0.29) is 18.3 Å². The Hall–Kier alpha value is -0.730. The number of carbonyl (C=O) groups is 1. The summed E-state index contributed by atoms with van der Waals surface area (Å²) in [5.41, 5.74) is 0. The highest BCUT2D eigenvalue weighted by atomic mass is 35.5. The minimum atomic E-state index is -0.165. The molecule has 1 aromatic carbocycles. The monoisotopic (exact) mass is 218 g/mol. The van der Waals surface area contributed by atoms with Gasteiger partial charge in [0.05, 0.1) is 10.9 Å². The lowest BCUT2D eigenvalue weighted by atomic mass is 10.3. The van der Waals surface area contributed by atoms with E-state index in [2.05, 4.69) is 0 Å². The molecule has 0 saturated heterocycles. The molecule has 0 radical (unpaired) electrons. The van der Waals surface area contributed by atoms with Gasteiger partial charge in [0.2, 0.25) is 0 Å². The van der Waals surface area contributed by atoms with E-state index in [0.717, 1.165) is 0 Å². The molecule has 1 aromatic rings. The Balaban J connectivity index is 2.54. The zero-order valence-electron chi connectivity index (χ0n) is 6.80. The third-order valence-corrected chi connectivity index (χ3v) is 1.98. The van der Waals surface area contributed by atoms with Crippen molar-refractivity contribution in [1.29, 1.82) is 0 Å². The number of halogens is 2. The van der Waals surface area contributed by atoms with Crippen molar-refractivity contribution in [2.24, 2.45) is 0 Å². The van der Waals surface area contributed by atoms with Crippen LogP contribution in [0.25, 0.3) is 0 Å². The first-order chi connectivity index (χ1) is 6.24. The molecule has 0 atom stereocenters. The number of ether oxygens (including phenoxy) is 1. The normalized spacial score (nSPS) is 9.69. The molecule has 0 aliphatic carbocycles. The summed E-state index contributed by atoms with van der Waals surface area (Å²) in [6.45, 7) is -0.0345. The van der Waals surface area contributed by atoms with Gasteiger partial charge in [-0.3, -0.25) is 4.79 Å². The molecule has 0 aromatic heterocycles. The van der Waals surface area contributed by atoms with Crippen LogP contribution in [0.1, 0.15) is 0 Å². The fourth-order valence-corrected chi connectivity index (χ4v) is 1.03. The Labute approximate surface area is 86.4 Å². The number of Topliss-reactive ketones (excluding diaryl/α,β-unsaturated/α-hetero) is 1. The van der Waals surface area contributed by atoms with Crippen LogP contribution >= 0.6 is 23.2 Å². The lowest BCUT2D eigenvalue weighted by Gasteiger charge is -2.04. The molecule has 70 valence electrons. The van der Waals surface area contributed by atoms with Crippen LogP contribution in [0.3, 0.4) is 0 Å². The predicted octanol–water partition coefficient (Wildman–Crippen LogP) is 2.53. The van der Waals surface area contributed by atoms with Crippen LogP contribution in [0.2, 0.25) is 5.02 Å². The maximum Gasteiger partial charge on any atom is 0.184 e. The number of ketones is 1. The van der Waals surface area contributed by atoms with Crippen LogP contribution in [-0.4, -0.2) is 18.3 Å². The zero-order chi connectivity index (χ0) is 9.68. The Morgan fingerprint density at radius 3 is 2.69 bits per heavy atom. The molecule has 0 fully saturated rings. The number of alkyl halides is 1. The minimum Gasteiger partial charge on any atom is -0.484 e. The summed E-state index contributed by atoms with van der Waals surface area (Å²) < 4.78 is 5.12. The van der Waals surface area contributed by atoms with Gasteiger partial charge in [-0.1, -0.05) is 23.7 Å². The second-order valence-electron chi connectivity index (χ2n) is 2.39. The van der Waals surface area contributed by atoms with Crippen molar-refractivity contribution in [3.05, 3.63) is 29.3 Å². The van der Waals surface area contributed by atoms with Gasteiger partial charge in [0.1, 0.15) is 12.4 Å². The van der Waals surface area contributed by atoms with E-state index in [4.69, 9.17) is 27.9 Å². The Kier molecular flexibility index (Phi) is 4.06. The molecule has 0 amide bonds. The van der Waals surface area contributed by atoms with Crippen molar-refractivity contribution < 1.29 is 9.53 Å². The van der Waals surface area contributed by atoms with E-state index in [1.165, 1.54) is 0 Å². The predicted molar refractivity (Wildman–Crippen MR) is 52.7 cm³/mol. The molecular weight excluding hydrogens is 211 g/mol. The summed E-state index contributed by atoms with van der Waals surface area (Å²) in [6.07, 6.45) is 0. The van der Waals surface area contributed by atoms with Gasteiger partial charge in [-0.05, 0) is 12.1 Å². The van der Waals surface area contributed by atoms with Gasteiger partial charge in [-0.15, -0.1) is 11.6 Å². The molecule has 0 unspecified atom stereocenters. The highest BCUT2D eigenvalue weighted by Gasteiger charge is 2.03. The van der Waals surface area contributed by atoms with E-state index < -0.39 is 0 Å². The van der Waals surface area contributed by atoms with Crippen molar-refractivity contribution in [3.63, 3.8) is 0 Å². The minimum absolute atomic E-state index is 0.0345.